The fourth-order valence-electron chi connectivity index (χ4n) is 2.10. The maximum atomic E-state index is 12.0. The smallest absolute Gasteiger partial charge is 0.290 e. The lowest BCUT2D eigenvalue weighted by Gasteiger charge is -2.21. The molecule has 1 aliphatic rings. The summed E-state index contributed by atoms with van der Waals surface area (Å²) in [6, 6.07) is 0. The number of hydrogen-bond donors (Lipinski definition) is 2. The number of rotatable bonds is 3. The minimum Gasteiger partial charge on any atom is -0.483 e. The topological polar surface area (TPSA) is 110 Å². The lowest BCUT2D eigenvalue weighted by Crippen LogP contribution is -2.36. The first-order valence-electron chi connectivity index (χ1n) is 6.34. The number of nitrogens with zero attached hydrogens (tertiary/aromatic N) is 4. The lowest BCUT2D eigenvalue weighted by molar-refractivity contribution is -0.126. The zero-order valence-electron chi connectivity index (χ0n) is 11.2. The molecule has 0 saturated heterocycles. The summed E-state index contributed by atoms with van der Waals surface area (Å²) in [7, 11) is 0. The second-order valence-corrected chi connectivity index (χ2v) is 5.12. The Morgan fingerprint density at radius 1 is 1.57 bits per heavy atom. The van der Waals surface area contributed by atoms with E-state index in [1.54, 1.807) is 11.8 Å². The number of carboxylic acid groups (broad SMARTS) is 1. The van der Waals surface area contributed by atoms with Crippen LogP contribution in [0.3, 0.4) is 0 Å². The van der Waals surface area contributed by atoms with Gasteiger partial charge in [0.15, 0.2) is 0 Å². The van der Waals surface area contributed by atoms with Crippen LogP contribution in [0.2, 0.25) is 0 Å². The molecular weight excluding hydrogens is 294 g/mol. The molecule has 9 heteroatoms. The van der Waals surface area contributed by atoms with Crippen molar-refractivity contribution in [3.8, 4) is 0 Å². The Kier molecular flexibility index (Phi) is 5.38. The zero-order chi connectivity index (χ0) is 15.1. The summed E-state index contributed by atoms with van der Waals surface area (Å²) >= 11 is 1.53. The average Bonchev–Trinajstić information content (AvgIpc) is 3.16. The largest absolute Gasteiger partial charge is 0.483 e. The highest BCUT2D eigenvalue weighted by Crippen LogP contribution is 2.17. The molecule has 0 fully saturated rings. The van der Waals surface area contributed by atoms with Crippen LogP contribution in [-0.4, -0.2) is 37.2 Å². The Bertz CT molecular complexity index is 583. The molecule has 0 saturated carbocycles. The van der Waals surface area contributed by atoms with Crippen LogP contribution in [0.25, 0.3) is 0 Å². The van der Waals surface area contributed by atoms with E-state index in [2.05, 4.69) is 20.4 Å². The number of amides is 1. The standard InChI is InChI=1S/C11H13N5OS.CH2O2/c17-11(12-3-9-5-18-7-14-9)8-1-2-10-13-6-15-16(10)4-8;2-1-3/h5-8H,1-4H2,(H,12,17);1H,(H,2,3). The SMILES string of the molecule is O=C(NCc1cscn1)C1CCc2ncnn2C1.O=CO. The van der Waals surface area contributed by atoms with Gasteiger partial charge >= 0.3 is 0 Å². The number of thiazole rings is 1. The third kappa shape index (κ3) is 4.09. The molecule has 8 nitrogen and oxygen atoms in total. The molecule has 2 N–H and O–H groups in total. The summed E-state index contributed by atoms with van der Waals surface area (Å²) in [6.45, 7) is 0.876. The maximum Gasteiger partial charge on any atom is 0.290 e. The quantitative estimate of drug-likeness (QED) is 0.790. The molecule has 3 rings (SSSR count). The van der Waals surface area contributed by atoms with Crippen molar-refractivity contribution < 1.29 is 14.7 Å². The van der Waals surface area contributed by atoms with Gasteiger partial charge in [-0.05, 0) is 6.42 Å². The van der Waals surface area contributed by atoms with Gasteiger partial charge < -0.3 is 10.4 Å². The van der Waals surface area contributed by atoms with Gasteiger partial charge in [-0.25, -0.2) is 14.6 Å². The summed E-state index contributed by atoms with van der Waals surface area (Å²) in [5.74, 6) is 1.03. The average molecular weight is 309 g/mol. The first-order valence-corrected chi connectivity index (χ1v) is 7.28. The highest BCUT2D eigenvalue weighted by atomic mass is 32.1. The minimum absolute atomic E-state index is 0.0159. The predicted octanol–water partition coefficient (Wildman–Crippen LogP) is 0.314. The van der Waals surface area contributed by atoms with Crippen molar-refractivity contribution in [3.05, 3.63) is 28.7 Å². The molecular formula is C12H15N5O3S. The van der Waals surface area contributed by atoms with E-state index >= 15 is 0 Å². The molecule has 3 heterocycles. The highest BCUT2D eigenvalue weighted by molar-refractivity contribution is 7.07. The lowest BCUT2D eigenvalue weighted by atomic mass is 9.99. The Labute approximate surface area is 124 Å². The van der Waals surface area contributed by atoms with E-state index in [9.17, 15) is 4.79 Å². The van der Waals surface area contributed by atoms with Gasteiger partial charge in [0.05, 0.1) is 30.2 Å². The number of hydrogen-bond acceptors (Lipinski definition) is 6. The van der Waals surface area contributed by atoms with E-state index in [-0.39, 0.29) is 18.3 Å². The molecule has 112 valence electrons. The predicted molar refractivity (Wildman–Crippen MR) is 74.5 cm³/mol. The normalized spacial score (nSPS) is 16.3. The van der Waals surface area contributed by atoms with Crippen molar-refractivity contribution in [2.24, 2.45) is 5.92 Å². The number of carbonyl (C=O) groups is 2. The summed E-state index contributed by atoms with van der Waals surface area (Å²) in [4.78, 5) is 28.7. The first kappa shape index (κ1) is 15.1. The molecule has 1 aliphatic heterocycles. The molecule has 1 unspecified atom stereocenters. The van der Waals surface area contributed by atoms with Crippen LogP contribution in [0.4, 0.5) is 0 Å². The molecule has 0 aliphatic carbocycles. The monoisotopic (exact) mass is 309 g/mol. The molecule has 0 aromatic carbocycles. The zero-order valence-corrected chi connectivity index (χ0v) is 12.0. The number of nitrogens with one attached hydrogen (secondary N) is 1. The van der Waals surface area contributed by atoms with E-state index in [4.69, 9.17) is 9.90 Å². The first-order chi connectivity index (χ1) is 10.2. The Morgan fingerprint density at radius 2 is 2.38 bits per heavy atom. The second-order valence-electron chi connectivity index (χ2n) is 4.40. The summed E-state index contributed by atoms with van der Waals surface area (Å²) < 4.78 is 1.82. The van der Waals surface area contributed by atoms with Crippen molar-refractivity contribution in [1.29, 1.82) is 0 Å². The van der Waals surface area contributed by atoms with Gasteiger partial charge in [-0.3, -0.25) is 9.59 Å². The number of aryl methyl sites for hydroxylation is 1. The summed E-state index contributed by atoms with van der Waals surface area (Å²) in [5, 5.41) is 15.9. The van der Waals surface area contributed by atoms with E-state index < -0.39 is 0 Å². The van der Waals surface area contributed by atoms with Gasteiger partial charge in [0.25, 0.3) is 6.47 Å². The minimum atomic E-state index is -0.250. The third-order valence-electron chi connectivity index (χ3n) is 3.10. The summed E-state index contributed by atoms with van der Waals surface area (Å²) in [6.07, 6.45) is 3.20. The van der Waals surface area contributed by atoms with E-state index in [1.165, 1.54) is 11.3 Å². The van der Waals surface area contributed by atoms with Crippen LogP contribution in [0.5, 0.6) is 0 Å². The molecule has 1 amide bonds. The van der Waals surface area contributed by atoms with Gasteiger partial charge in [-0.15, -0.1) is 11.3 Å². The fraction of sp³-hybridized carbons (Fsp3) is 0.417. The van der Waals surface area contributed by atoms with Crippen LogP contribution >= 0.6 is 11.3 Å². The molecule has 0 radical (unpaired) electrons. The molecule has 1 atom stereocenters. The molecule has 2 aromatic heterocycles. The van der Waals surface area contributed by atoms with Crippen LogP contribution in [0.15, 0.2) is 17.2 Å². The van der Waals surface area contributed by atoms with Crippen LogP contribution < -0.4 is 5.32 Å². The third-order valence-corrected chi connectivity index (χ3v) is 3.74. The van der Waals surface area contributed by atoms with Gasteiger partial charge in [0, 0.05) is 11.8 Å². The summed E-state index contributed by atoms with van der Waals surface area (Å²) in [5.41, 5.74) is 2.68. The number of aromatic nitrogens is 4. The van der Waals surface area contributed by atoms with E-state index in [0.29, 0.717) is 13.1 Å². The van der Waals surface area contributed by atoms with Crippen molar-refractivity contribution in [1.82, 2.24) is 25.1 Å². The molecule has 0 bridgehead atoms. The van der Waals surface area contributed by atoms with Crippen molar-refractivity contribution in [2.45, 2.75) is 25.9 Å². The second kappa shape index (κ2) is 7.48. The Balaban J connectivity index is 0.000000497. The van der Waals surface area contributed by atoms with Crippen molar-refractivity contribution in [3.63, 3.8) is 0 Å². The van der Waals surface area contributed by atoms with Gasteiger partial charge in [-0.1, -0.05) is 0 Å². The van der Waals surface area contributed by atoms with E-state index in [0.717, 1.165) is 24.4 Å². The van der Waals surface area contributed by atoms with Gasteiger partial charge in [0.2, 0.25) is 5.91 Å². The number of fused-ring (bicyclic) bond motifs is 1. The Morgan fingerprint density at radius 3 is 3.10 bits per heavy atom. The van der Waals surface area contributed by atoms with Crippen molar-refractivity contribution >= 4 is 23.7 Å². The Hall–Kier alpha value is -2.29. The van der Waals surface area contributed by atoms with Crippen LogP contribution in [-0.2, 0) is 29.1 Å². The van der Waals surface area contributed by atoms with Crippen molar-refractivity contribution in [2.75, 3.05) is 0 Å². The highest BCUT2D eigenvalue weighted by Gasteiger charge is 2.25. The van der Waals surface area contributed by atoms with Crippen LogP contribution in [0.1, 0.15) is 17.9 Å². The fourth-order valence-corrected chi connectivity index (χ4v) is 2.66. The van der Waals surface area contributed by atoms with E-state index in [1.807, 2.05) is 10.1 Å². The maximum absolute atomic E-state index is 12.0. The van der Waals surface area contributed by atoms with Gasteiger partial charge in [0.1, 0.15) is 12.2 Å². The molecule has 0 spiro atoms. The molecule has 21 heavy (non-hydrogen) atoms. The number of carbonyl (C=O) groups excluding carboxylic acids is 1. The van der Waals surface area contributed by atoms with Gasteiger partial charge in [-0.2, -0.15) is 5.10 Å². The van der Waals surface area contributed by atoms with Crippen LogP contribution in [0, 0.1) is 5.92 Å². The molecule has 2 aromatic rings.